The number of halogens is 2. The van der Waals surface area contributed by atoms with E-state index >= 15 is 0 Å². The molecule has 10 heteroatoms. The molecule has 3 heterocycles. The van der Waals surface area contributed by atoms with Crippen LogP contribution >= 0.6 is 39.7 Å². The number of aromatic nitrogens is 2. The van der Waals surface area contributed by atoms with Crippen LogP contribution < -0.4 is 9.57 Å². The van der Waals surface area contributed by atoms with Crippen molar-refractivity contribution < 1.29 is 24.6 Å². The number of ether oxygens (including phenoxy) is 1. The second-order valence-electron chi connectivity index (χ2n) is 9.25. The van der Waals surface area contributed by atoms with Crippen molar-refractivity contribution in [2.24, 2.45) is 5.92 Å². The van der Waals surface area contributed by atoms with Crippen LogP contribution in [-0.4, -0.2) is 32.0 Å². The lowest BCUT2D eigenvalue weighted by molar-refractivity contribution is -0.164. The van der Waals surface area contributed by atoms with Crippen molar-refractivity contribution in [3.05, 3.63) is 122 Å². The Morgan fingerprint density at radius 1 is 1.11 bits per heavy atom. The molecule has 2 aromatic carbocycles. The molecule has 2 N–H and O–H groups in total. The zero-order valence-electron chi connectivity index (χ0n) is 19.6. The highest BCUT2D eigenvalue weighted by molar-refractivity contribution is 9.10. The Bertz CT molecular complexity index is 1600. The molecule has 1 saturated carbocycles. The van der Waals surface area contributed by atoms with Gasteiger partial charge < -0.3 is 19.8 Å². The van der Waals surface area contributed by atoms with Crippen LogP contribution in [0.1, 0.15) is 22.7 Å². The zero-order valence-corrected chi connectivity index (χ0v) is 22.7. The molecule has 5 atom stereocenters. The topological polar surface area (TPSA) is 93.8 Å². The molecular weight excluding hydrogens is 592 g/mol. The van der Waals surface area contributed by atoms with Crippen LogP contribution in [0.2, 0.25) is 5.02 Å². The van der Waals surface area contributed by atoms with E-state index in [1.807, 2.05) is 30.3 Å². The standard InChI is InChI=1S/C28H20BrClN2O5S/c29-18-11-9-17(10-12-18)28-23(16-6-2-1-3-7-16)22(26(34)37-32-13-5-4-8-21(32)38)25(33)27(28,35)24-20(36-28)14-19(30)15-31-24/h1-15,22-23,25,33,35H/t22-,23-,25-,27+,28+/m1/s1. The first kappa shape index (κ1) is 25.2. The number of rotatable bonds is 4. The third-order valence-corrected chi connectivity index (χ3v) is 8.32. The van der Waals surface area contributed by atoms with Crippen molar-refractivity contribution in [1.82, 2.24) is 9.71 Å². The first-order valence-corrected chi connectivity index (χ1v) is 13.3. The van der Waals surface area contributed by atoms with Crippen LogP contribution in [0.15, 0.2) is 95.7 Å². The summed E-state index contributed by atoms with van der Waals surface area (Å²) in [5, 5.41) is 24.8. The number of nitrogens with zero attached hydrogens (tertiary/aromatic N) is 2. The molecule has 192 valence electrons. The van der Waals surface area contributed by atoms with Gasteiger partial charge in [-0.3, -0.25) is 4.98 Å². The van der Waals surface area contributed by atoms with Crippen LogP contribution in [-0.2, 0) is 16.0 Å². The molecule has 1 aliphatic carbocycles. The molecule has 38 heavy (non-hydrogen) atoms. The predicted octanol–water partition coefficient (Wildman–Crippen LogP) is 4.93. The summed E-state index contributed by atoms with van der Waals surface area (Å²) in [6, 6.07) is 22.9. The van der Waals surface area contributed by atoms with E-state index < -0.39 is 35.1 Å². The summed E-state index contributed by atoms with van der Waals surface area (Å²) in [7, 11) is 0. The van der Waals surface area contributed by atoms with E-state index in [1.54, 1.807) is 48.5 Å². The quantitative estimate of drug-likeness (QED) is 0.316. The largest absolute Gasteiger partial charge is 0.476 e. The highest BCUT2D eigenvalue weighted by Gasteiger charge is 2.78. The van der Waals surface area contributed by atoms with E-state index in [4.69, 9.17) is 33.4 Å². The second kappa shape index (κ2) is 9.29. The molecule has 6 rings (SSSR count). The number of aliphatic hydroxyl groups excluding tert-OH is 1. The normalized spacial score (nSPS) is 27.3. The van der Waals surface area contributed by atoms with Gasteiger partial charge in [-0.2, -0.15) is 4.73 Å². The Kier molecular flexibility index (Phi) is 6.16. The first-order valence-electron chi connectivity index (χ1n) is 11.7. The molecule has 0 bridgehead atoms. The minimum absolute atomic E-state index is 0.0878. The van der Waals surface area contributed by atoms with Gasteiger partial charge in [-0.1, -0.05) is 88.3 Å². The Morgan fingerprint density at radius 3 is 2.53 bits per heavy atom. The lowest BCUT2D eigenvalue weighted by Gasteiger charge is -2.40. The van der Waals surface area contributed by atoms with Crippen molar-refractivity contribution in [2.45, 2.75) is 23.2 Å². The maximum Gasteiger partial charge on any atom is 0.339 e. The van der Waals surface area contributed by atoms with Gasteiger partial charge in [-0.05, 0) is 35.4 Å². The van der Waals surface area contributed by atoms with E-state index in [2.05, 4.69) is 20.9 Å². The molecule has 0 saturated heterocycles. The van der Waals surface area contributed by atoms with E-state index in [-0.39, 0.29) is 16.1 Å². The molecule has 0 spiro atoms. The van der Waals surface area contributed by atoms with Crippen LogP contribution in [0.4, 0.5) is 0 Å². The second-order valence-corrected chi connectivity index (χ2v) is 11.0. The van der Waals surface area contributed by atoms with E-state index in [0.717, 1.165) is 9.20 Å². The summed E-state index contributed by atoms with van der Waals surface area (Å²) >= 11 is 15.0. The lowest BCUT2D eigenvalue weighted by Crippen LogP contribution is -2.52. The molecule has 0 amide bonds. The number of hydrogen-bond donors (Lipinski definition) is 2. The molecule has 2 aromatic heterocycles. The number of hydrogen-bond acceptors (Lipinski definition) is 7. The third-order valence-electron chi connectivity index (χ3n) is 7.26. The van der Waals surface area contributed by atoms with Crippen LogP contribution in [0.25, 0.3) is 0 Å². The van der Waals surface area contributed by atoms with Gasteiger partial charge in [0.15, 0.2) is 11.2 Å². The van der Waals surface area contributed by atoms with Crippen molar-refractivity contribution in [3.63, 3.8) is 0 Å². The number of carbonyl (C=O) groups is 1. The van der Waals surface area contributed by atoms with E-state index in [1.165, 1.54) is 12.4 Å². The fraction of sp³-hybridized carbons (Fsp3) is 0.179. The molecule has 1 fully saturated rings. The molecular formula is C28H20BrClN2O5S. The number of fused-ring (bicyclic) bond motifs is 3. The van der Waals surface area contributed by atoms with Crippen molar-refractivity contribution in [3.8, 4) is 5.75 Å². The average Bonchev–Trinajstić information content (AvgIpc) is 3.28. The Hall–Kier alpha value is -3.08. The highest BCUT2D eigenvalue weighted by Crippen LogP contribution is 2.68. The minimum Gasteiger partial charge on any atom is -0.476 e. The van der Waals surface area contributed by atoms with Crippen LogP contribution in [0.5, 0.6) is 5.75 Å². The van der Waals surface area contributed by atoms with Gasteiger partial charge in [-0.15, -0.1) is 0 Å². The van der Waals surface area contributed by atoms with Gasteiger partial charge in [0.25, 0.3) is 0 Å². The molecule has 0 unspecified atom stereocenters. The van der Waals surface area contributed by atoms with Gasteiger partial charge in [0.05, 0.1) is 10.9 Å². The summed E-state index contributed by atoms with van der Waals surface area (Å²) in [5.41, 5.74) is -2.51. The number of pyridine rings is 2. The molecule has 7 nitrogen and oxygen atoms in total. The first-order chi connectivity index (χ1) is 18.3. The van der Waals surface area contributed by atoms with Gasteiger partial charge in [0.2, 0.25) is 0 Å². The summed E-state index contributed by atoms with van der Waals surface area (Å²) in [6.07, 6.45) is 1.21. The number of benzene rings is 2. The van der Waals surface area contributed by atoms with Crippen LogP contribution in [0.3, 0.4) is 0 Å². The summed E-state index contributed by atoms with van der Waals surface area (Å²) < 4.78 is 8.84. The van der Waals surface area contributed by atoms with Gasteiger partial charge >= 0.3 is 5.97 Å². The smallest absolute Gasteiger partial charge is 0.339 e. The van der Waals surface area contributed by atoms with Gasteiger partial charge in [0.1, 0.15) is 22.2 Å². The molecule has 2 aliphatic rings. The van der Waals surface area contributed by atoms with Gasteiger partial charge in [-0.25, -0.2) is 4.79 Å². The Labute approximate surface area is 236 Å². The monoisotopic (exact) mass is 610 g/mol. The third kappa shape index (κ3) is 3.57. The SMILES string of the molecule is O=C(On1ccccc1=S)[C@H]1[C@@H](O)[C@@]2(O)c3ncc(Cl)cc3O[C@@]2(c2ccc(Br)cc2)[C@@H]1c1ccccc1. The summed E-state index contributed by atoms with van der Waals surface area (Å²) in [5.74, 6) is -2.73. The fourth-order valence-electron chi connectivity index (χ4n) is 5.74. The number of carbonyl (C=O) groups excluding carboxylic acids is 1. The Morgan fingerprint density at radius 2 is 1.82 bits per heavy atom. The predicted molar refractivity (Wildman–Crippen MR) is 145 cm³/mol. The van der Waals surface area contributed by atoms with E-state index in [0.29, 0.717) is 16.1 Å². The minimum atomic E-state index is -2.14. The maximum absolute atomic E-state index is 13.9. The lowest BCUT2D eigenvalue weighted by atomic mass is 9.71. The summed E-state index contributed by atoms with van der Waals surface area (Å²) in [4.78, 5) is 23.9. The Balaban J connectivity index is 1.61. The van der Waals surface area contributed by atoms with Crippen LogP contribution in [0, 0.1) is 10.6 Å². The fourth-order valence-corrected chi connectivity index (χ4v) is 6.33. The van der Waals surface area contributed by atoms with Crippen molar-refractivity contribution in [2.75, 3.05) is 0 Å². The highest BCUT2D eigenvalue weighted by atomic mass is 79.9. The zero-order chi connectivity index (χ0) is 26.7. The van der Waals surface area contributed by atoms with Crippen molar-refractivity contribution >= 4 is 45.7 Å². The maximum atomic E-state index is 13.9. The van der Waals surface area contributed by atoms with Crippen molar-refractivity contribution in [1.29, 1.82) is 0 Å². The summed E-state index contributed by atoms with van der Waals surface area (Å²) in [6.45, 7) is 0. The van der Waals surface area contributed by atoms with E-state index in [9.17, 15) is 15.0 Å². The number of aliphatic hydroxyl groups is 2. The average molecular weight is 612 g/mol. The molecule has 1 aliphatic heterocycles. The molecule has 0 radical (unpaired) electrons. The van der Waals surface area contributed by atoms with Gasteiger partial charge in [0, 0.05) is 28.9 Å². The molecule has 4 aromatic rings.